The highest BCUT2D eigenvalue weighted by molar-refractivity contribution is 9.10. The molecule has 3 rings (SSSR count). The molecule has 2 aromatic carbocycles. The van der Waals surface area contributed by atoms with Gasteiger partial charge in [-0.1, -0.05) is 6.07 Å². The third kappa shape index (κ3) is 1.96. The SMILES string of the molecule is Cc1ccc(-n2c(N)nc3c(F)cc(F)cc32)c(Br)c1. The van der Waals surface area contributed by atoms with E-state index in [1.54, 1.807) is 0 Å². The van der Waals surface area contributed by atoms with Crippen molar-refractivity contribution in [2.75, 3.05) is 5.73 Å². The first kappa shape index (κ1) is 13.1. The molecule has 20 heavy (non-hydrogen) atoms. The molecule has 3 aromatic rings. The van der Waals surface area contributed by atoms with E-state index in [0.29, 0.717) is 11.2 Å². The van der Waals surface area contributed by atoms with Crippen molar-refractivity contribution < 1.29 is 8.78 Å². The lowest BCUT2D eigenvalue weighted by molar-refractivity contribution is 0.590. The van der Waals surface area contributed by atoms with Gasteiger partial charge in [0, 0.05) is 16.6 Å². The van der Waals surface area contributed by atoms with Crippen molar-refractivity contribution in [1.82, 2.24) is 9.55 Å². The molecule has 0 aliphatic heterocycles. The summed E-state index contributed by atoms with van der Waals surface area (Å²) in [7, 11) is 0. The van der Waals surface area contributed by atoms with E-state index >= 15 is 0 Å². The van der Waals surface area contributed by atoms with E-state index in [0.717, 1.165) is 16.1 Å². The van der Waals surface area contributed by atoms with E-state index < -0.39 is 11.6 Å². The Morgan fingerprint density at radius 2 is 1.95 bits per heavy atom. The molecule has 0 aliphatic rings. The van der Waals surface area contributed by atoms with Gasteiger partial charge in [-0.3, -0.25) is 4.57 Å². The van der Waals surface area contributed by atoms with Crippen molar-refractivity contribution in [2.45, 2.75) is 6.92 Å². The maximum atomic E-state index is 13.7. The molecule has 0 fully saturated rings. The van der Waals surface area contributed by atoms with Crippen LogP contribution in [0.2, 0.25) is 0 Å². The summed E-state index contributed by atoms with van der Waals surface area (Å²) in [6, 6.07) is 7.62. The average molecular weight is 338 g/mol. The molecule has 0 saturated carbocycles. The highest BCUT2D eigenvalue weighted by Crippen LogP contribution is 2.30. The van der Waals surface area contributed by atoms with Gasteiger partial charge in [0.2, 0.25) is 5.95 Å². The first-order chi connectivity index (χ1) is 9.47. The van der Waals surface area contributed by atoms with Crippen molar-refractivity contribution >= 4 is 32.9 Å². The Labute approximate surface area is 122 Å². The number of halogens is 3. The predicted molar refractivity (Wildman–Crippen MR) is 77.8 cm³/mol. The zero-order valence-electron chi connectivity index (χ0n) is 10.5. The number of nitrogens with two attached hydrogens (primary N) is 1. The Bertz CT molecular complexity index is 827. The maximum absolute atomic E-state index is 13.7. The van der Waals surface area contributed by atoms with Crippen molar-refractivity contribution in [3.8, 4) is 5.69 Å². The summed E-state index contributed by atoms with van der Waals surface area (Å²) in [5.74, 6) is -1.29. The molecule has 0 aliphatic carbocycles. The molecule has 0 bridgehead atoms. The van der Waals surface area contributed by atoms with Crippen molar-refractivity contribution in [2.24, 2.45) is 0 Å². The van der Waals surface area contributed by atoms with Crippen LogP contribution in [0.5, 0.6) is 0 Å². The van der Waals surface area contributed by atoms with Gasteiger partial charge in [-0.2, -0.15) is 0 Å². The van der Waals surface area contributed by atoms with Crippen molar-refractivity contribution in [1.29, 1.82) is 0 Å². The molecule has 1 aromatic heterocycles. The Morgan fingerprint density at radius 1 is 1.20 bits per heavy atom. The third-order valence-electron chi connectivity index (χ3n) is 3.05. The third-order valence-corrected chi connectivity index (χ3v) is 3.68. The number of nitrogen functional groups attached to an aromatic ring is 1. The van der Waals surface area contributed by atoms with Gasteiger partial charge in [0.1, 0.15) is 11.3 Å². The molecule has 0 atom stereocenters. The molecule has 0 saturated heterocycles. The highest BCUT2D eigenvalue weighted by Gasteiger charge is 2.16. The van der Waals surface area contributed by atoms with Gasteiger partial charge in [0.05, 0.1) is 11.2 Å². The fourth-order valence-corrected chi connectivity index (χ4v) is 2.84. The molecule has 0 amide bonds. The summed E-state index contributed by atoms with van der Waals surface area (Å²) >= 11 is 3.43. The minimum Gasteiger partial charge on any atom is -0.369 e. The van der Waals surface area contributed by atoms with E-state index in [9.17, 15) is 8.78 Å². The van der Waals surface area contributed by atoms with Crippen LogP contribution >= 0.6 is 15.9 Å². The summed E-state index contributed by atoms with van der Waals surface area (Å²) in [6.07, 6.45) is 0. The van der Waals surface area contributed by atoms with Crippen LogP contribution in [0.25, 0.3) is 16.7 Å². The van der Waals surface area contributed by atoms with Crippen LogP contribution in [0.4, 0.5) is 14.7 Å². The normalized spacial score (nSPS) is 11.2. The molecular weight excluding hydrogens is 328 g/mol. The Hall–Kier alpha value is -1.95. The minimum absolute atomic E-state index is 0.0522. The second-order valence-electron chi connectivity index (χ2n) is 4.52. The van der Waals surface area contributed by atoms with E-state index in [1.165, 1.54) is 10.6 Å². The quantitative estimate of drug-likeness (QED) is 0.730. The fraction of sp³-hybridized carbons (Fsp3) is 0.0714. The van der Waals surface area contributed by atoms with Crippen LogP contribution in [-0.4, -0.2) is 9.55 Å². The van der Waals surface area contributed by atoms with E-state index in [-0.39, 0.29) is 11.5 Å². The van der Waals surface area contributed by atoms with Crippen LogP contribution in [0, 0.1) is 18.6 Å². The zero-order chi connectivity index (χ0) is 14.4. The smallest absolute Gasteiger partial charge is 0.206 e. The molecular formula is C14H10BrF2N3. The fourth-order valence-electron chi connectivity index (χ4n) is 2.17. The van der Waals surface area contributed by atoms with Crippen LogP contribution in [0.3, 0.4) is 0 Å². The molecule has 3 nitrogen and oxygen atoms in total. The molecule has 2 N–H and O–H groups in total. The Kier molecular flexibility index (Phi) is 2.97. The number of fused-ring (bicyclic) bond motifs is 1. The predicted octanol–water partition coefficient (Wildman–Crippen LogP) is 3.96. The number of hydrogen-bond acceptors (Lipinski definition) is 2. The standard InChI is InChI=1S/C14H10BrF2N3/c1-7-2-3-11(9(15)4-7)20-12-6-8(16)5-10(17)13(12)19-14(20)18/h2-6H,1H3,(H2,18,19). The maximum Gasteiger partial charge on any atom is 0.206 e. The van der Waals surface area contributed by atoms with Crippen LogP contribution in [0.15, 0.2) is 34.8 Å². The number of anilines is 1. The number of aromatic nitrogens is 2. The number of imidazole rings is 1. The Balaban J connectivity index is 2.38. The molecule has 6 heteroatoms. The van der Waals surface area contributed by atoms with E-state index in [2.05, 4.69) is 20.9 Å². The Morgan fingerprint density at radius 3 is 2.65 bits per heavy atom. The molecule has 1 heterocycles. The topological polar surface area (TPSA) is 43.8 Å². The lowest BCUT2D eigenvalue weighted by Crippen LogP contribution is -2.01. The van der Waals surface area contributed by atoms with E-state index in [4.69, 9.17) is 5.73 Å². The van der Waals surface area contributed by atoms with Crippen LogP contribution in [0.1, 0.15) is 5.56 Å². The summed E-state index contributed by atoms with van der Waals surface area (Å²) in [5, 5.41) is 0. The molecule has 102 valence electrons. The van der Waals surface area contributed by atoms with Gasteiger partial charge in [0.15, 0.2) is 5.82 Å². The number of hydrogen-bond donors (Lipinski definition) is 1. The van der Waals surface area contributed by atoms with Gasteiger partial charge in [-0.15, -0.1) is 0 Å². The lowest BCUT2D eigenvalue weighted by atomic mass is 10.2. The van der Waals surface area contributed by atoms with Gasteiger partial charge in [-0.05, 0) is 40.5 Å². The number of aryl methyl sites for hydroxylation is 1. The van der Waals surface area contributed by atoms with Gasteiger partial charge < -0.3 is 5.73 Å². The van der Waals surface area contributed by atoms with Crippen LogP contribution < -0.4 is 5.73 Å². The summed E-state index contributed by atoms with van der Waals surface area (Å²) in [4.78, 5) is 3.97. The zero-order valence-corrected chi connectivity index (χ0v) is 12.1. The second-order valence-corrected chi connectivity index (χ2v) is 5.37. The monoisotopic (exact) mass is 337 g/mol. The summed E-state index contributed by atoms with van der Waals surface area (Å²) in [5.41, 5.74) is 7.94. The summed E-state index contributed by atoms with van der Waals surface area (Å²) in [6.45, 7) is 1.95. The average Bonchev–Trinajstić information content (AvgIpc) is 2.67. The first-order valence-corrected chi connectivity index (χ1v) is 6.66. The summed E-state index contributed by atoms with van der Waals surface area (Å²) < 4.78 is 29.5. The minimum atomic E-state index is -0.728. The van der Waals surface area contributed by atoms with Gasteiger partial charge in [0.25, 0.3) is 0 Å². The lowest BCUT2D eigenvalue weighted by Gasteiger charge is -2.09. The van der Waals surface area contributed by atoms with Crippen molar-refractivity contribution in [3.63, 3.8) is 0 Å². The first-order valence-electron chi connectivity index (χ1n) is 5.87. The second kappa shape index (κ2) is 4.56. The van der Waals surface area contributed by atoms with Crippen LogP contribution in [-0.2, 0) is 0 Å². The molecule has 0 unspecified atom stereocenters. The number of nitrogens with zero attached hydrogens (tertiary/aromatic N) is 2. The van der Waals surface area contributed by atoms with Gasteiger partial charge >= 0.3 is 0 Å². The molecule has 0 radical (unpaired) electrons. The van der Waals surface area contributed by atoms with E-state index in [1.807, 2.05) is 25.1 Å². The number of rotatable bonds is 1. The largest absolute Gasteiger partial charge is 0.369 e. The highest BCUT2D eigenvalue weighted by atomic mass is 79.9. The molecule has 0 spiro atoms. The number of benzene rings is 2. The van der Waals surface area contributed by atoms with Gasteiger partial charge in [-0.25, -0.2) is 13.8 Å². The van der Waals surface area contributed by atoms with Crippen molar-refractivity contribution in [3.05, 3.63) is 52.0 Å².